The molecule has 1 aromatic carbocycles. The molecule has 0 bridgehead atoms. The number of nitrogens with one attached hydrogen (secondary N) is 1. The molecule has 2 heterocycles. The lowest BCUT2D eigenvalue weighted by Gasteiger charge is -2.28. The highest BCUT2D eigenvalue weighted by Gasteiger charge is 2.26. The molecule has 1 fully saturated rings. The highest BCUT2D eigenvalue weighted by atomic mass is 32.2. The average molecular weight is 413 g/mol. The van der Waals surface area contributed by atoms with E-state index in [4.69, 9.17) is 4.74 Å². The Morgan fingerprint density at radius 3 is 2.66 bits per heavy atom. The Morgan fingerprint density at radius 2 is 2.00 bits per heavy atom. The van der Waals surface area contributed by atoms with E-state index in [-0.39, 0.29) is 11.9 Å². The van der Waals surface area contributed by atoms with Crippen molar-refractivity contribution in [2.24, 2.45) is 14.1 Å². The van der Waals surface area contributed by atoms with Gasteiger partial charge in [0.2, 0.25) is 0 Å². The van der Waals surface area contributed by atoms with Crippen LogP contribution in [0.15, 0.2) is 35.7 Å². The number of aryl methyl sites for hydroxylation is 2. The maximum absolute atomic E-state index is 13.2. The van der Waals surface area contributed by atoms with E-state index < -0.39 is 0 Å². The van der Waals surface area contributed by atoms with Crippen molar-refractivity contribution in [1.82, 2.24) is 19.4 Å². The third-order valence-electron chi connectivity index (χ3n) is 5.98. The molecule has 0 radical (unpaired) electrons. The minimum absolute atomic E-state index is 0.0153. The van der Waals surface area contributed by atoms with Crippen molar-refractivity contribution in [3.63, 3.8) is 0 Å². The highest BCUT2D eigenvalue weighted by Crippen LogP contribution is 2.33. The maximum Gasteiger partial charge on any atom is 0.253 e. The van der Waals surface area contributed by atoms with Crippen LogP contribution in [0.3, 0.4) is 0 Å². The first kappa shape index (κ1) is 19.9. The molecule has 2 aromatic heterocycles. The molecule has 1 saturated carbocycles. The number of carbonyl (C=O) groups is 1. The summed E-state index contributed by atoms with van der Waals surface area (Å²) in [5, 5.41) is 5.86. The molecule has 1 N–H and O–H groups in total. The van der Waals surface area contributed by atoms with Crippen LogP contribution in [-0.2, 0) is 14.1 Å². The van der Waals surface area contributed by atoms with Gasteiger partial charge in [0.15, 0.2) is 5.16 Å². The lowest BCUT2D eigenvalue weighted by atomic mass is 9.94. The van der Waals surface area contributed by atoms with Gasteiger partial charge in [-0.15, -0.1) is 0 Å². The smallest absolute Gasteiger partial charge is 0.253 e. The third-order valence-corrected chi connectivity index (χ3v) is 7.39. The first-order chi connectivity index (χ1) is 14.0. The molecule has 0 spiro atoms. The topological polar surface area (TPSA) is 61.1 Å². The van der Waals surface area contributed by atoms with Crippen molar-refractivity contribution >= 4 is 28.6 Å². The Labute approximate surface area is 175 Å². The number of hydrogen-bond donors (Lipinski definition) is 1. The zero-order valence-corrected chi connectivity index (χ0v) is 18.3. The van der Waals surface area contributed by atoms with Gasteiger partial charge in [-0.05, 0) is 50.8 Å². The van der Waals surface area contributed by atoms with Crippen LogP contribution >= 0.6 is 11.8 Å². The molecule has 0 atom stereocenters. The number of ether oxygens (including phenoxy) is 1. The summed E-state index contributed by atoms with van der Waals surface area (Å²) in [6.07, 6.45) is 8.00. The average Bonchev–Trinajstić information content (AvgIpc) is 3.23. The van der Waals surface area contributed by atoms with Crippen molar-refractivity contribution in [3.05, 3.63) is 41.9 Å². The molecule has 1 amide bonds. The highest BCUT2D eigenvalue weighted by molar-refractivity contribution is 7.99. The number of amides is 1. The molecule has 1 aliphatic rings. The summed E-state index contributed by atoms with van der Waals surface area (Å²) in [6, 6.07) is 6.13. The Kier molecular flexibility index (Phi) is 5.58. The second kappa shape index (κ2) is 8.14. The molecule has 154 valence electrons. The molecule has 0 saturated heterocycles. The fraction of sp³-hybridized carbons (Fsp3) is 0.455. The van der Waals surface area contributed by atoms with E-state index >= 15 is 0 Å². The summed E-state index contributed by atoms with van der Waals surface area (Å²) in [6.45, 7) is 2.00. The summed E-state index contributed by atoms with van der Waals surface area (Å²) in [5.41, 5.74) is 2.78. The zero-order valence-electron chi connectivity index (χ0n) is 17.4. The summed E-state index contributed by atoms with van der Waals surface area (Å²) < 4.78 is 9.51. The number of nitrogens with zero attached hydrogens (tertiary/aromatic N) is 3. The number of fused-ring (bicyclic) bond motifs is 1. The number of benzene rings is 1. The van der Waals surface area contributed by atoms with Crippen molar-refractivity contribution in [2.45, 2.75) is 49.1 Å². The molecule has 0 unspecified atom stereocenters. The Balaban J connectivity index is 1.44. The number of aromatic nitrogens is 3. The number of methoxy groups -OCH3 is 1. The van der Waals surface area contributed by atoms with Gasteiger partial charge in [0, 0.05) is 54.4 Å². The van der Waals surface area contributed by atoms with Gasteiger partial charge in [-0.3, -0.25) is 4.79 Å². The van der Waals surface area contributed by atoms with Crippen molar-refractivity contribution in [3.8, 4) is 5.75 Å². The molecule has 3 aromatic rings. The van der Waals surface area contributed by atoms with Gasteiger partial charge >= 0.3 is 0 Å². The predicted octanol–water partition coefficient (Wildman–Crippen LogP) is 4.06. The minimum Gasteiger partial charge on any atom is -0.497 e. The number of hydrogen-bond acceptors (Lipinski definition) is 4. The van der Waals surface area contributed by atoms with E-state index in [1.807, 2.05) is 63.4 Å². The zero-order chi connectivity index (χ0) is 20.5. The van der Waals surface area contributed by atoms with Gasteiger partial charge < -0.3 is 19.2 Å². The van der Waals surface area contributed by atoms with E-state index in [9.17, 15) is 4.79 Å². The SMILES string of the molecule is COc1ccc2c(c1)c(C(=O)NC1CCC(Sc3nccn3C)CC1)c(C)n2C. The van der Waals surface area contributed by atoms with E-state index in [1.165, 1.54) is 0 Å². The molecular weight excluding hydrogens is 384 g/mol. The molecule has 0 aliphatic heterocycles. The molecule has 4 rings (SSSR count). The molecule has 1 aliphatic carbocycles. The van der Waals surface area contributed by atoms with E-state index in [0.29, 0.717) is 5.25 Å². The van der Waals surface area contributed by atoms with Gasteiger partial charge in [0.05, 0.1) is 12.7 Å². The number of carbonyl (C=O) groups excluding carboxylic acids is 1. The summed E-state index contributed by atoms with van der Waals surface area (Å²) >= 11 is 1.85. The van der Waals surface area contributed by atoms with Crippen LogP contribution < -0.4 is 10.1 Å². The number of imidazole rings is 1. The van der Waals surface area contributed by atoms with E-state index in [2.05, 4.69) is 19.4 Å². The van der Waals surface area contributed by atoms with Gasteiger partial charge in [0.1, 0.15) is 5.75 Å². The van der Waals surface area contributed by atoms with Crippen LogP contribution in [0, 0.1) is 6.92 Å². The maximum atomic E-state index is 13.2. The van der Waals surface area contributed by atoms with Gasteiger partial charge in [0.25, 0.3) is 5.91 Å². The fourth-order valence-electron chi connectivity index (χ4n) is 4.16. The standard InChI is InChI=1S/C22H28N4O2S/c1-14-20(18-13-16(28-4)7-10-19(18)26(14)3)21(27)24-15-5-8-17(9-6-15)29-22-23-11-12-25(22)2/h7,10-13,15,17H,5-6,8-9H2,1-4H3,(H,24,27). The van der Waals surface area contributed by atoms with Gasteiger partial charge in [-0.25, -0.2) is 4.98 Å². The lowest BCUT2D eigenvalue weighted by molar-refractivity contribution is 0.0929. The van der Waals surface area contributed by atoms with Crippen LogP contribution in [0.4, 0.5) is 0 Å². The Morgan fingerprint density at radius 1 is 1.24 bits per heavy atom. The summed E-state index contributed by atoms with van der Waals surface area (Å²) in [4.78, 5) is 17.6. The Bertz CT molecular complexity index is 1030. The van der Waals surface area contributed by atoms with Crippen LogP contribution in [-0.4, -0.2) is 38.4 Å². The molecule has 7 heteroatoms. The second-order valence-corrected chi connectivity index (χ2v) is 9.06. The quantitative estimate of drug-likeness (QED) is 0.686. The van der Waals surface area contributed by atoms with Gasteiger partial charge in [-0.2, -0.15) is 0 Å². The third kappa shape index (κ3) is 3.88. The second-order valence-electron chi connectivity index (χ2n) is 7.79. The van der Waals surface area contributed by atoms with Crippen LogP contribution in [0.2, 0.25) is 0 Å². The lowest BCUT2D eigenvalue weighted by Crippen LogP contribution is -2.38. The van der Waals surface area contributed by atoms with Crippen LogP contribution in [0.5, 0.6) is 5.75 Å². The molecule has 6 nitrogen and oxygen atoms in total. The minimum atomic E-state index is 0.0153. The van der Waals surface area contributed by atoms with Crippen molar-refractivity contribution in [1.29, 1.82) is 0 Å². The largest absolute Gasteiger partial charge is 0.497 e. The number of rotatable bonds is 5. The number of thioether (sulfide) groups is 1. The Hall–Kier alpha value is -2.41. The summed E-state index contributed by atoms with van der Waals surface area (Å²) in [5.74, 6) is 0.783. The van der Waals surface area contributed by atoms with Gasteiger partial charge in [-0.1, -0.05) is 11.8 Å². The normalized spacial score (nSPS) is 19.4. The predicted molar refractivity (Wildman–Crippen MR) is 117 cm³/mol. The molecule has 29 heavy (non-hydrogen) atoms. The van der Waals surface area contributed by atoms with E-state index in [0.717, 1.165) is 58.7 Å². The first-order valence-electron chi connectivity index (χ1n) is 10.1. The van der Waals surface area contributed by atoms with Crippen molar-refractivity contribution < 1.29 is 9.53 Å². The monoisotopic (exact) mass is 412 g/mol. The van der Waals surface area contributed by atoms with Crippen LogP contribution in [0.1, 0.15) is 41.7 Å². The molecular formula is C22H28N4O2S. The van der Waals surface area contributed by atoms with Crippen LogP contribution in [0.25, 0.3) is 10.9 Å². The van der Waals surface area contributed by atoms with Crippen molar-refractivity contribution in [2.75, 3.05) is 7.11 Å². The van der Waals surface area contributed by atoms with E-state index in [1.54, 1.807) is 7.11 Å². The summed E-state index contributed by atoms with van der Waals surface area (Å²) in [7, 11) is 5.68. The first-order valence-corrected chi connectivity index (χ1v) is 10.9. The fourth-order valence-corrected chi connectivity index (χ4v) is 5.32.